The summed E-state index contributed by atoms with van der Waals surface area (Å²) in [6, 6.07) is -0.692. The van der Waals surface area contributed by atoms with E-state index >= 15 is 0 Å². The second-order valence-corrected chi connectivity index (χ2v) is 18.6. The highest BCUT2D eigenvalue weighted by molar-refractivity contribution is 5.77. The van der Waals surface area contributed by atoms with Gasteiger partial charge in [-0.1, -0.05) is 265 Å². The lowest BCUT2D eigenvalue weighted by molar-refractivity contribution is -0.151. The normalized spacial score (nSPS) is 13.1. The molecular weight excluding hydrogens is 731 g/mol. The fraction of sp³-hybridized carbons (Fsp3) is 0.962. The van der Waals surface area contributed by atoms with Crippen molar-refractivity contribution in [1.82, 2.24) is 5.32 Å². The monoisotopic (exact) mass is 836 g/mol. The average molecular weight is 836 g/mol. The maximum atomic E-state index is 13.2. The van der Waals surface area contributed by atoms with E-state index in [4.69, 9.17) is 4.74 Å². The highest BCUT2D eigenvalue weighted by Crippen LogP contribution is 2.19. The molecule has 0 spiro atoms. The van der Waals surface area contributed by atoms with E-state index in [0.29, 0.717) is 19.3 Å². The highest BCUT2D eigenvalue weighted by atomic mass is 16.5. The fourth-order valence-electron chi connectivity index (χ4n) is 8.61. The van der Waals surface area contributed by atoms with E-state index < -0.39 is 18.2 Å². The lowest BCUT2D eigenvalue weighted by Crippen LogP contribution is -2.46. The van der Waals surface area contributed by atoms with Crippen molar-refractivity contribution in [3.63, 3.8) is 0 Å². The minimum Gasteiger partial charge on any atom is -0.462 e. The third-order valence-corrected chi connectivity index (χ3v) is 12.7. The molecule has 3 unspecified atom stereocenters. The third kappa shape index (κ3) is 43.3. The molecular formula is C53H105NO5. The summed E-state index contributed by atoms with van der Waals surface area (Å²) in [6.07, 6.45) is 51.6. The van der Waals surface area contributed by atoms with Crippen molar-refractivity contribution in [2.45, 2.75) is 322 Å². The van der Waals surface area contributed by atoms with Crippen molar-refractivity contribution in [2.75, 3.05) is 6.61 Å². The van der Waals surface area contributed by atoms with Crippen LogP contribution in [0.2, 0.25) is 0 Å². The standard InChI is InChI=1S/C53H105NO5/c1-4-7-10-13-16-19-22-24-25-26-28-30-33-36-39-42-45-51(56)50(48-55)54-52(57)47-49(44-41-38-35-32-29-21-18-15-12-9-6-3)59-53(58)46-43-40-37-34-31-27-23-20-17-14-11-8-5-2/h49-51,55-56H,4-48H2,1-3H3,(H,54,57). The van der Waals surface area contributed by atoms with Crippen LogP contribution in [0.5, 0.6) is 0 Å². The van der Waals surface area contributed by atoms with E-state index in [1.807, 2.05) is 0 Å². The largest absolute Gasteiger partial charge is 0.462 e. The number of unbranched alkanes of at least 4 members (excludes halogenated alkanes) is 37. The van der Waals surface area contributed by atoms with Crippen LogP contribution < -0.4 is 5.32 Å². The van der Waals surface area contributed by atoms with Gasteiger partial charge in [-0.3, -0.25) is 9.59 Å². The zero-order chi connectivity index (χ0) is 43.1. The van der Waals surface area contributed by atoms with E-state index in [1.165, 1.54) is 218 Å². The number of carbonyl (C=O) groups is 2. The Morgan fingerprint density at radius 3 is 1.03 bits per heavy atom. The third-order valence-electron chi connectivity index (χ3n) is 12.7. The molecule has 0 aliphatic rings. The summed E-state index contributed by atoms with van der Waals surface area (Å²) in [5.41, 5.74) is 0. The predicted molar refractivity (Wildman–Crippen MR) is 255 cm³/mol. The van der Waals surface area contributed by atoms with Crippen LogP contribution in [0.3, 0.4) is 0 Å². The molecule has 0 aromatic rings. The Bertz CT molecular complexity index is 852. The van der Waals surface area contributed by atoms with Crippen molar-refractivity contribution in [3.05, 3.63) is 0 Å². The molecule has 0 radical (unpaired) electrons. The Morgan fingerprint density at radius 2 is 0.712 bits per heavy atom. The summed E-state index contributed by atoms with van der Waals surface area (Å²) in [5, 5.41) is 23.8. The van der Waals surface area contributed by atoms with Gasteiger partial charge in [0, 0.05) is 6.42 Å². The maximum Gasteiger partial charge on any atom is 0.306 e. The van der Waals surface area contributed by atoms with Crippen LogP contribution in [0.15, 0.2) is 0 Å². The van der Waals surface area contributed by atoms with E-state index in [1.54, 1.807) is 0 Å². The number of aliphatic hydroxyl groups is 2. The van der Waals surface area contributed by atoms with Gasteiger partial charge in [-0.25, -0.2) is 0 Å². The highest BCUT2D eigenvalue weighted by Gasteiger charge is 2.24. The molecule has 3 atom stereocenters. The number of aliphatic hydroxyl groups excluding tert-OH is 2. The van der Waals surface area contributed by atoms with Gasteiger partial charge >= 0.3 is 5.97 Å². The van der Waals surface area contributed by atoms with Crippen molar-refractivity contribution in [1.29, 1.82) is 0 Å². The van der Waals surface area contributed by atoms with Crippen LogP contribution in [-0.4, -0.2) is 46.9 Å². The predicted octanol–water partition coefficient (Wildman–Crippen LogP) is 16.0. The quantitative estimate of drug-likeness (QED) is 0.0419. The minimum atomic E-state index is -0.779. The van der Waals surface area contributed by atoms with Crippen molar-refractivity contribution < 1.29 is 24.5 Å². The summed E-state index contributed by atoms with van der Waals surface area (Å²) in [4.78, 5) is 26.1. The molecule has 6 nitrogen and oxygen atoms in total. The first kappa shape index (κ1) is 57.9. The van der Waals surface area contributed by atoms with Crippen molar-refractivity contribution in [3.8, 4) is 0 Å². The fourth-order valence-corrected chi connectivity index (χ4v) is 8.61. The van der Waals surface area contributed by atoms with Crippen LogP contribution in [0.1, 0.15) is 303 Å². The Labute approximate surface area is 368 Å². The zero-order valence-electron chi connectivity index (χ0n) is 40.2. The summed E-state index contributed by atoms with van der Waals surface area (Å²) in [5.74, 6) is -0.451. The van der Waals surface area contributed by atoms with E-state index in [-0.39, 0.29) is 24.9 Å². The molecule has 0 saturated heterocycles. The number of esters is 1. The van der Waals surface area contributed by atoms with Crippen LogP contribution in [0, 0.1) is 0 Å². The van der Waals surface area contributed by atoms with Gasteiger partial charge in [0.15, 0.2) is 0 Å². The van der Waals surface area contributed by atoms with E-state index in [9.17, 15) is 19.8 Å². The second kappa shape index (κ2) is 47.9. The van der Waals surface area contributed by atoms with Gasteiger partial charge in [-0.15, -0.1) is 0 Å². The average Bonchev–Trinajstić information content (AvgIpc) is 3.23. The van der Waals surface area contributed by atoms with Crippen molar-refractivity contribution >= 4 is 11.9 Å². The van der Waals surface area contributed by atoms with Crippen LogP contribution in [-0.2, 0) is 14.3 Å². The van der Waals surface area contributed by atoms with Gasteiger partial charge < -0.3 is 20.3 Å². The Kier molecular flexibility index (Phi) is 47.0. The van der Waals surface area contributed by atoms with E-state index in [2.05, 4.69) is 26.1 Å². The van der Waals surface area contributed by atoms with E-state index in [0.717, 1.165) is 38.5 Å². The van der Waals surface area contributed by atoms with Crippen LogP contribution >= 0.6 is 0 Å². The molecule has 6 heteroatoms. The van der Waals surface area contributed by atoms with Gasteiger partial charge in [-0.05, 0) is 25.7 Å². The Hall–Kier alpha value is -1.14. The maximum absolute atomic E-state index is 13.2. The smallest absolute Gasteiger partial charge is 0.306 e. The van der Waals surface area contributed by atoms with Gasteiger partial charge in [0.1, 0.15) is 6.10 Å². The summed E-state index contributed by atoms with van der Waals surface area (Å²) >= 11 is 0. The molecule has 0 aromatic carbocycles. The number of rotatable bonds is 49. The molecule has 0 rings (SSSR count). The summed E-state index contributed by atoms with van der Waals surface area (Å²) in [6.45, 7) is 6.51. The SMILES string of the molecule is CCCCCCCCCCCCCCCCCCC(O)C(CO)NC(=O)CC(CCCCCCCCCCCCC)OC(=O)CCCCCCCCCCCCCCC. The Morgan fingerprint density at radius 1 is 0.424 bits per heavy atom. The molecule has 0 heterocycles. The van der Waals surface area contributed by atoms with Gasteiger partial charge in [0.05, 0.1) is 25.2 Å². The number of nitrogens with one attached hydrogen (secondary N) is 1. The Balaban J connectivity index is 4.43. The second-order valence-electron chi connectivity index (χ2n) is 18.6. The summed E-state index contributed by atoms with van der Waals surface area (Å²) < 4.78 is 5.93. The minimum absolute atomic E-state index is 0.0877. The molecule has 352 valence electrons. The molecule has 0 saturated carbocycles. The molecule has 0 fully saturated rings. The first-order valence-electron chi connectivity index (χ1n) is 26.8. The summed E-state index contributed by atoms with van der Waals surface area (Å²) in [7, 11) is 0. The number of ether oxygens (including phenoxy) is 1. The topological polar surface area (TPSA) is 95.9 Å². The lowest BCUT2D eigenvalue weighted by Gasteiger charge is -2.24. The number of hydrogen-bond acceptors (Lipinski definition) is 5. The number of carbonyl (C=O) groups excluding carboxylic acids is 2. The zero-order valence-corrected chi connectivity index (χ0v) is 40.2. The van der Waals surface area contributed by atoms with Crippen LogP contribution in [0.4, 0.5) is 0 Å². The van der Waals surface area contributed by atoms with Crippen molar-refractivity contribution in [2.24, 2.45) is 0 Å². The van der Waals surface area contributed by atoms with Gasteiger partial charge in [0.2, 0.25) is 5.91 Å². The number of hydrogen-bond donors (Lipinski definition) is 3. The molecule has 59 heavy (non-hydrogen) atoms. The molecule has 1 amide bonds. The molecule has 0 aliphatic heterocycles. The molecule has 0 aromatic heterocycles. The van der Waals surface area contributed by atoms with Gasteiger partial charge in [-0.2, -0.15) is 0 Å². The first-order chi connectivity index (χ1) is 29.0. The molecule has 3 N–H and O–H groups in total. The molecule has 0 bridgehead atoms. The first-order valence-corrected chi connectivity index (χ1v) is 26.8. The van der Waals surface area contributed by atoms with Crippen LogP contribution in [0.25, 0.3) is 0 Å². The number of amides is 1. The van der Waals surface area contributed by atoms with Gasteiger partial charge in [0.25, 0.3) is 0 Å². The molecule has 0 aliphatic carbocycles. The lowest BCUT2D eigenvalue weighted by atomic mass is 10.0.